The Kier molecular flexibility index (Phi) is 13.6. The Hall–Kier alpha value is -3.68. The molecular weight excluding hydrogens is 524 g/mol. The number of aryl methyl sites for hydroxylation is 1. The Morgan fingerprint density at radius 1 is 1.15 bits per heavy atom. The van der Waals surface area contributed by atoms with E-state index in [9.17, 15) is 28.8 Å². The molecule has 0 radical (unpaired) electrons. The fourth-order valence-corrected chi connectivity index (χ4v) is 3.80. The third kappa shape index (κ3) is 11.2. The summed E-state index contributed by atoms with van der Waals surface area (Å²) in [5, 5.41) is 5.25. The molecule has 14 heteroatoms. The fraction of sp³-hybridized carbons (Fsp3) is 0.692. The molecule has 14 nitrogen and oxygen atoms in total. The van der Waals surface area contributed by atoms with Gasteiger partial charge in [-0.3, -0.25) is 23.9 Å². The first-order chi connectivity index (χ1) is 18.6. The molecule has 0 spiro atoms. The molecule has 1 aromatic rings. The first kappa shape index (κ1) is 34.3. The van der Waals surface area contributed by atoms with Crippen molar-refractivity contribution < 1.29 is 28.7 Å². The summed E-state index contributed by atoms with van der Waals surface area (Å²) in [6.45, 7) is 9.80. The molecule has 5 N–H and O–H groups in total. The second kappa shape index (κ2) is 15.8. The molecule has 0 unspecified atom stereocenters. The molecule has 0 bridgehead atoms. The molecule has 40 heavy (non-hydrogen) atoms. The van der Waals surface area contributed by atoms with Crippen LogP contribution in [0.4, 0.5) is 4.79 Å². The number of aromatic nitrogens is 2. The van der Waals surface area contributed by atoms with Gasteiger partial charge in [0, 0.05) is 24.8 Å². The molecule has 0 aromatic carbocycles. The molecule has 1 heterocycles. The molecule has 3 amide bonds. The van der Waals surface area contributed by atoms with E-state index in [1.54, 1.807) is 34.6 Å². The van der Waals surface area contributed by atoms with Gasteiger partial charge < -0.3 is 30.7 Å². The van der Waals surface area contributed by atoms with Crippen LogP contribution in [-0.4, -0.2) is 82.8 Å². The first-order valence-electron chi connectivity index (χ1n) is 13.3. The van der Waals surface area contributed by atoms with Gasteiger partial charge in [-0.25, -0.2) is 14.4 Å². The molecule has 1 rings (SSSR count). The lowest BCUT2D eigenvalue weighted by Gasteiger charge is -2.33. The standard InChI is InChI=1S/C26H44N6O8/c1-16(2)20(23(36)39-7)29-22(35)18(10-8-9-11-27)32(13-12-28-25(38)40-26(4,5)6)19(33)15-31-14-17(3)21(34)30-24(31)37/h14,16,18,20H,8-13,15,27H2,1-7H3,(H,28,38)(H,29,35)(H,30,34,37)/t18-,20+/m1/s1. The highest BCUT2D eigenvalue weighted by Gasteiger charge is 2.34. The molecule has 0 fully saturated rings. The lowest BCUT2D eigenvalue weighted by molar-refractivity contribution is -0.148. The third-order valence-electron chi connectivity index (χ3n) is 5.87. The van der Waals surface area contributed by atoms with E-state index in [1.165, 1.54) is 25.1 Å². The number of hydrogen-bond donors (Lipinski definition) is 4. The second-order valence-electron chi connectivity index (χ2n) is 10.8. The van der Waals surface area contributed by atoms with Gasteiger partial charge in [-0.1, -0.05) is 13.8 Å². The van der Waals surface area contributed by atoms with Gasteiger partial charge in [-0.15, -0.1) is 0 Å². The summed E-state index contributed by atoms with van der Waals surface area (Å²) in [6.07, 6.45) is 1.81. The highest BCUT2D eigenvalue weighted by molar-refractivity contribution is 5.91. The fourth-order valence-electron chi connectivity index (χ4n) is 3.80. The normalized spacial score (nSPS) is 12.8. The van der Waals surface area contributed by atoms with Gasteiger partial charge in [-0.05, 0) is 59.4 Å². The van der Waals surface area contributed by atoms with E-state index in [4.69, 9.17) is 15.2 Å². The molecular formula is C26H44N6O8. The number of hydrogen-bond acceptors (Lipinski definition) is 9. The Morgan fingerprint density at radius 2 is 1.80 bits per heavy atom. The van der Waals surface area contributed by atoms with E-state index in [0.29, 0.717) is 19.4 Å². The van der Waals surface area contributed by atoms with Crippen molar-refractivity contribution in [1.82, 2.24) is 25.1 Å². The van der Waals surface area contributed by atoms with Crippen molar-refractivity contribution >= 4 is 23.9 Å². The van der Waals surface area contributed by atoms with Crippen molar-refractivity contribution in [3.63, 3.8) is 0 Å². The van der Waals surface area contributed by atoms with Gasteiger partial charge in [-0.2, -0.15) is 0 Å². The van der Waals surface area contributed by atoms with Crippen LogP contribution in [0.5, 0.6) is 0 Å². The summed E-state index contributed by atoms with van der Waals surface area (Å²) in [6, 6.07) is -2.03. The highest BCUT2D eigenvalue weighted by atomic mass is 16.6. The molecule has 2 atom stereocenters. The zero-order valence-electron chi connectivity index (χ0n) is 24.5. The average Bonchev–Trinajstić information content (AvgIpc) is 2.85. The first-order valence-corrected chi connectivity index (χ1v) is 13.3. The Morgan fingerprint density at radius 3 is 2.35 bits per heavy atom. The number of alkyl carbamates (subject to hydrolysis) is 1. The number of ether oxygens (including phenoxy) is 2. The number of nitrogens with zero attached hydrogens (tertiary/aromatic N) is 2. The van der Waals surface area contributed by atoms with Crippen molar-refractivity contribution in [1.29, 1.82) is 0 Å². The summed E-state index contributed by atoms with van der Waals surface area (Å²) < 4.78 is 11.1. The summed E-state index contributed by atoms with van der Waals surface area (Å²) >= 11 is 0. The number of methoxy groups -OCH3 is 1. The van der Waals surface area contributed by atoms with Crippen molar-refractivity contribution in [2.75, 3.05) is 26.7 Å². The summed E-state index contributed by atoms with van der Waals surface area (Å²) in [5.74, 6) is -2.16. The monoisotopic (exact) mass is 568 g/mol. The van der Waals surface area contributed by atoms with E-state index in [2.05, 4.69) is 15.6 Å². The van der Waals surface area contributed by atoms with Crippen LogP contribution in [-0.2, 0) is 30.4 Å². The third-order valence-corrected chi connectivity index (χ3v) is 5.87. The van der Waals surface area contributed by atoms with Crippen molar-refractivity contribution in [2.24, 2.45) is 11.7 Å². The minimum absolute atomic E-state index is 0.0640. The molecule has 0 aliphatic rings. The van der Waals surface area contributed by atoms with Crippen LogP contribution in [0.1, 0.15) is 59.4 Å². The molecule has 0 saturated heterocycles. The number of carbonyl (C=O) groups excluding carboxylic acids is 4. The van der Waals surface area contributed by atoms with E-state index in [-0.39, 0.29) is 31.0 Å². The van der Waals surface area contributed by atoms with Gasteiger partial charge in [0.25, 0.3) is 5.56 Å². The molecule has 0 saturated carbocycles. The van der Waals surface area contributed by atoms with E-state index >= 15 is 0 Å². The number of H-pyrrole nitrogens is 1. The van der Waals surface area contributed by atoms with Crippen LogP contribution in [0.15, 0.2) is 15.8 Å². The number of rotatable bonds is 14. The Labute approximate surface area is 234 Å². The summed E-state index contributed by atoms with van der Waals surface area (Å²) in [7, 11) is 1.21. The highest BCUT2D eigenvalue weighted by Crippen LogP contribution is 2.13. The number of nitrogens with two attached hydrogens (primary N) is 1. The van der Waals surface area contributed by atoms with Crippen LogP contribution in [0.3, 0.4) is 0 Å². The smallest absolute Gasteiger partial charge is 0.407 e. The maximum atomic E-state index is 13.6. The predicted molar refractivity (Wildman–Crippen MR) is 147 cm³/mol. The van der Waals surface area contributed by atoms with Crippen molar-refractivity contribution in [3.8, 4) is 0 Å². The zero-order chi connectivity index (χ0) is 30.6. The van der Waals surface area contributed by atoms with Crippen molar-refractivity contribution in [2.45, 2.75) is 85.0 Å². The van der Waals surface area contributed by atoms with Crippen LogP contribution < -0.4 is 27.6 Å². The van der Waals surface area contributed by atoms with Gasteiger partial charge in [0.15, 0.2) is 0 Å². The molecule has 1 aromatic heterocycles. The number of carbonyl (C=O) groups is 4. The molecule has 0 aliphatic heterocycles. The molecule has 226 valence electrons. The van der Waals surface area contributed by atoms with E-state index in [1.807, 2.05) is 0 Å². The molecule has 0 aliphatic carbocycles. The van der Waals surface area contributed by atoms with Crippen LogP contribution in [0.25, 0.3) is 0 Å². The lowest BCUT2D eigenvalue weighted by Crippen LogP contribution is -2.56. The second-order valence-corrected chi connectivity index (χ2v) is 10.8. The maximum absolute atomic E-state index is 13.6. The topological polar surface area (TPSA) is 195 Å². The number of unbranched alkanes of at least 4 members (excludes halogenated alkanes) is 1. The van der Waals surface area contributed by atoms with Gasteiger partial charge in [0.2, 0.25) is 11.8 Å². The zero-order valence-corrected chi connectivity index (χ0v) is 24.5. The minimum atomic E-state index is -1.06. The average molecular weight is 569 g/mol. The number of amides is 3. The summed E-state index contributed by atoms with van der Waals surface area (Å²) in [5.41, 5.74) is 3.76. The number of nitrogens with one attached hydrogen (secondary N) is 3. The predicted octanol–water partition coefficient (Wildman–Crippen LogP) is 0.00972. The quantitative estimate of drug-likeness (QED) is 0.177. The van der Waals surface area contributed by atoms with E-state index < -0.39 is 59.4 Å². The van der Waals surface area contributed by atoms with Gasteiger partial charge >= 0.3 is 17.8 Å². The van der Waals surface area contributed by atoms with E-state index in [0.717, 1.165) is 4.57 Å². The van der Waals surface area contributed by atoms with Crippen LogP contribution >= 0.6 is 0 Å². The Bertz CT molecular complexity index is 1140. The number of aromatic amines is 1. The van der Waals surface area contributed by atoms with Crippen molar-refractivity contribution in [3.05, 3.63) is 32.6 Å². The van der Waals surface area contributed by atoms with Gasteiger partial charge in [0.05, 0.1) is 7.11 Å². The van der Waals surface area contributed by atoms with Crippen LogP contribution in [0.2, 0.25) is 0 Å². The van der Waals surface area contributed by atoms with Crippen LogP contribution in [0, 0.1) is 12.8 Å². The maximum Gasteiger partial charge on any atom is 0.407 e. The minimum Gasteiger partial charge on any atom is -0.467 e. The van der Waals surface area contributed by atoms with Gasteiger partial charge in [0.1, 0.15) is 24.2 Å². The SMILES string of the molecule is COC(=O)[C@@H](NC(=O)[C@@H](CCCCN)N(CCNC(=O)OC(C)(C)C)C(=O)Cn1cc(C)c(=O)[nH]c1=O)C(C)C. The largest absolute Gasteiger partial charge is 0.467 e. The lowest BCUT2D eigenvalue weighted by atomic mass is 10.0. The summed E-state index contributed by atoms with van der Waals surface area (Å²) in [4.78, 5) is 79.2. The Balaban J connectivity index is 3.37. The number of esters is 1.